The molecule has 1 atom stereocenters. The summed E-state index contributed by atoms with van der Waals surface area (Å²) in [5.74, 6) is -3.63. The van der Waals surface area contributed by atoms with Gasteiger partial charge in [0.05, 0.1) is 0 Å². The Kier molecular flexibility index (Phi) is 2.64. The van der Waals surface area contributed by atoms with Gasteiger partial charge in [-0.05, 0) is 49.4 Å². The summed E-state index contributed by atoms with van der Waals surface area (Å²) in [6.07, 6.45) is 2.16. The second-order valence-corrected chi connectivity index (χ2v) is 5.33. The molecule has 18 heavy (non-hydrogen) atoms. The number of benzene rings is 1. The van der Waals surface area contributed by atoms with Gasteiger partial charge in [-0.1, -0.05) is 0 Å². The van der Waals surface area contributed by atoms with Crippen molar-refractivity contribution >= 4 is 0 Å². The van der Waals surface area contributed by atoms with Gasteiger partial charge < -0.3 is 11.1 Å². The third-order valence-corrected chi connectivity index (χ3v) is 4.40. The molecule has 0 radical (unpaired) electrons. The molecular formula is C13H15F3N2. The lowest BCUT2D eigenvalue weighted by Crippen LogP contribution is -2.42. The molecule has 2 nitrogen and oxygen atoms in total. The zero-order valence-corrected chi connectivity index (χ0v) is 9.90. The Morgan fingerprint density at radius 1 is 1.17 bits per heavy atom. The van der Waals surface area contributed by atoms with E-state index in [4.69, 9.17) is 5.73 Å². The third-order valence-electron chi connectivity index (χ3n) is 4.40. The Balaban J connectivity index is 2.08. The highest BCUT2D eigenvalue weighted by atomic mass is 19.2. The van der Waals surface area contributed by atoms with Crippen LogP contribution in [0.1, 0.15) is 30.0 Å². The van der Waals surface area contributed by atoms with Crippen LogP contribution in [0.5, 0.6) is 0 Å². The van der Waals surface area contributed by atoms with Crippen LogP contribution in [0.2, 0.25) is 0 Å². The van der Waals surface area contributed by atoms with Gasteiger partial charge in [0.15, 0.2) is 17.5 Å². The Hall–Kier alpha value is -1.07. The van der Waals surface area contributed by atoms with Crippen molar-refractivity contribution in [2.24, 2.45) is 11.1 Å². The van der Waals surface area contributed by atoms with Gasteiger partial charge in [-0.3, -0.25) is 0 Å². The molecule has 1 aromatic rings. The Bertz CT molecular complexity index is 495. The molecule has 0 aromatic heterocycles. The smallest absolute Gasteiger partial charge is 0.194 e. The maximum Gasteiger partial charge on any atom is 0.194 e. The van der Waals surface area contributed by atoms with Crippen LogP contribution in [0.25, 0.3) is 0 Å². The Morgan fingerprint density at radius 3 is 2.50 bits per heavy atom. The molecule has 98 valence electrons. The molecule has 1 aliphatic heterocycles. The van der Waals surface area contributed by atoms with E-state index in [0.29, 0.717) is 12.0 Å². The number of nitrogens with two attached hydrogens (primary N) is 1. The van der Waals surface area contributed by atoms with E-state index in [1.807, 2.05) is 0 Å². The number of hydrogen-bond acceptors (Lipinski definition) is 2. The summed E-state index contributed by atoms with van der Waals surface area (Å²) >= 11 is 0. The molecule has 1 aliphatic carbocycles. The summed E-state index contributed by atoms with van der Waals surface area (Å²) in [6.45, 7) is 1.63. The van der Waals surface area contributed by atoms with E-state index in [9.17, 15) is 13.2 Å². The van der Waals surface area contributed by atoms with Gasteiger partial charge in [0.25, 0.3) is 0 Å². The van der Waals surface area contributed by atoms with E-state index in [2.05, 4.69) is 5.32 Å². The second-order valence-electron chi connectivity index (χ2n) is 5.33. The van der Waals surface area contributed by atoms with Gasteiger partial charge in [-0.2, -0.15) is 0 Å². The van der Waals surface area contributed by atoms with Gasteiger partial charge >= 0.3 is 0 Å². The molecule has 5 heteroatoms. The average Bonchev–Trinajstić information content (AvgIpc) is 2.61. The molecular weight excluding hydrogens is 241 g/mol. The molecule has 0 unspecified atom stereocenters. The third kappa shape index (κ3) is 1.50. The molecule has 1 saturated heterocycles. The highest BCUT2D eigenvalue weighted by Gasteiger charge is 2.47. The molecule has 0 amide bonds. The number of halogens is 3. The minimum atomic E-state index is -1.41. The number of hydrogen-bond donors (Lipinski definition) is 2. The Morgan fingerprint density at radius 2 is 1.83 bits per heavy atom. The van der Waals surface area contributed by atoms with Crippen molar-refractivity contribution in [3.63, 3.8) is 0 Å². The van der Waals surface area contributed by atoms with E-state index >= 15 is 0 Å². The van der Waals surface area contributed by atoms with Crippen molar-refractivity contribution in [1.29, 1.82) is 0 Å². The molecule has 0 bridgehead atoms. The maximum atomic E-state index is 13.8. The van der Waals surface area contributed by atoms with Crippen molar-refractivity contribution in [3.8, 4) is 0 Å². The first kappa shape index (κ1) is 12.0. The summed E-state index contributed by atoms with van der Waals surface area (Å²) in [5.41, 5.74) is 6.58. The normalized spacial score (nSPS) is 25.4. The van der Waals surface area contributed by atoms with Crippen LogP contribution in [-0.2, 0) is 6.42 Å². The SMILES string of the molecule is N[C@@H]1c2c(cc(F)c(F)c2F)CC12CCNCC2. The van der Waals surface area contributed by atoms with Crippen molar-refractivity contribution < 1.29 is 13.2 Å². The van der Waals surface area contributed by atoms with E-state index in [1.54, 1.807) is 0 Å². The van der Waals surface area contributed by atoms with Crippen molar-refractivity contribution in [2.45, 2.75) is 25.3 Å². The van der Waals surface area contributed by atoms with Gasteiger partial charge in [-0.15, -0.1) is 0 Å². The first-order valence-corrected chi connectivity index (χ1v) is 6.18. The van der Waals surface area contributed by atoms with Gasteiger partial charge in [0.1, 0.15) is 0 Å². The summed E-state index contributed by atoms with van der Waals surface area (Å²) in [4.78, 5) is 0. The van der Waals surface area contributed by atoms with Crippen LogP contribution in [0, 0.1) is 22.9 Å². The molecule has 0 saturated carbocycles. The molecule has 3 rings (SSSR count). The molecule has 3 N–H and O–H groups in total. The topological polar surface area (TPSA) is 38.0 Å². The lowest BCUT2D eigenvalue weighted by molar-refractivity contribution is 0.172. The molecule has 1 spiro atoms. The quantitative estimate of drug-likeness (QED) is 0.697. The van der Waals surface area contributed by atoms with E-state index in [-0.39, 0.29) is 11.0 Å². The molecule has 2 aliphatic rings. The minimum Gasteiger partial charge on any atom is -0.323 e. The van der Waals surface area contributed by atoms with Crippen molar-refractivity contribution in [3.05, 3.63) is 34.6 Å². The molecule has 1 heterocycles. The minimum absolute atomic E-state index is 0.177. The van der Waals surface area contributed by atoms with E-state index in [1.165, 1.54) is 0 Å². The predicted octanol–water partition coefficient (Wildman–Crippen LogP) is 2.03. The number of rotatable bonds is 0. The van der Waals surface area contributed by atoms with E-state index < -0.39 is 23.5 Å². The standard InChI is InChI=1S/C13H15F3N2/c14-8-5-7-6-13(1-3-18-4-2-13)12(17)9(7)11(16)10(8)15/h5,12,18H,1-4,6,17H2/t12-/m1/s1. The molecule has 1 aromatic carbocycles. The molecule has 1 fully saturated rings. The summed E-state index contributed by atoms with van der Waals surface area (Å²) in [7, 11) is 0. The second kappa shape index (κ2) is 3.96. The van der Waals surface area contributed by atoms with Crippen LogP contribution in [0.3, 0.4) is 0 Å². The average molecular weight is 256 g/mol. The van der Waals surface area contributed by atoms with Crippen LogP contribution in [0.4, 0.5) is 13.2 Å². The lowest BCUT2D eigenvalue weighted by atomic mass is 9.73. The van der Waals surface area contributed by atoms with Crippen LogP contribution in [-0.4, -0.2) is 13.1 Å². The van der Waals surface area contributed by atoms with Crippen LogP contribution < -0.4 is 11.1 Å². The van der Waals surface area contributed by atoms with Crippen LogP contribution in [0.15, 0.2) is 6.07 Å². The number of fused-ring (bicyclic) bond motifs is 1. The maximum absolute atomic E-state index is 13.8. The first-order valence-electron chi connectivity index (χ1n) is 6.18. The van der Waals surface area contributed by atoms with Gasteiger partial charge in [-0.25, -0.2) is 13.2 Å². The summed E-state index contributed by atoms with van der Waals surface area (Å²) in [6, 6.07) is 0.564. The highest BCUT2D eigenvalue weighted by Crippen LogP contribution is 2.50. The van der Waals surface area contributed by atoms with Crippen molar-refractivity contribution in [2.75, 3.05) is 13.1 Å². The zero-order chi connectivity index (χ0) is 12.9. The summed E-state index contributed by atoms with van der Waals surface area (Å²) < 4.78 is 40.4. The zero-order valence-electron chi connectivity index (χ0n) is 9.90. The lowest BCUT2D eigenvalue weighted by Gasteiger charge is -2.37. The first-order chi connectivity index (χ1) is 8.55. The predicted molar refractivity (Wildman–Crippen MR) is 61.5 cm³/mol. The Labute approximate surface area is 103 Å². The summed E-state index contributed by atoms with van der Waals surface area (Å²) in [5, 5.41) is 3.22. The van der Waals surface area contributed by atoms with Gasteiger partial charge in [0, 0.05) is 11.6 Å². The monoisotopic (exact) mass is 256 g/mol. The highest BCUT2D eigenvalue weighted by molar-refractivity contribution is 5.40. The van der Waals surface area contributed by atoms with Crippen LogP contribution >= 0.6 is 0 Å². The number of nitrogens with one attached hydrogen (secondary N) is 1. The van der Waals surface area contributed by atoms with Gasteiger partial charge in [0.2, 0.25) is 0 Å². The van der Waals surface area contributed by atoms with E-state index in [0.717, 1.165) is 32.0 Å². The largest absolute Gasteiger partial charge is 0.323 e. The van der Waals surface area contributed by atoms with Crippen molar-refractivity contribution in [1.82, 2.24) is 5.32 Å². The number of piperidine rings is 1. The fourth-order valence-electron chi connectivity index (χ4n) is 3.35. The fourth-order valence-corrected chi connectivity index (χ4v) is 3.35. The fraction of sp³-hybridized carbons (Fsp3) is 0.538.